The maximum Gasteiger partial charge on any atom is 0.234 e. The molecule has 1 amide bonds. The van der Waals surface area contributed by atoms with Crippen molar-refractivity contribution in [2.24, 2.45) is 5.92 Å². The highest BCUT2D eigenvalue weighted by atomic mass is 32.1. The number of aromatic nitrogens is 1. The number of piperazine rings is 1. The van der Waals surface area contributed by atoms with E-state index in [1.807, 2.05) is 6.07 Å². The average molecular weight is 347 g/mol. The summed E-state index contributed by atoms with van der Waals surface area (Å²) >= 11 is 1.78. The molecule has 0 spiro atoms. The van der Waals surface area contributed by atoms with Crippen LogP contribution in [0.15, 0.2) is 24.3 Å². The molecular weight excluding hydrogens is 320 g/mol. The maximum absolute atomic E-state index is 11.9. The lowest BCUT2D eigenvalue weighted by atomic mass is 10.2. The van der Waals surface area contributed by atoms with E-state index in [-0.39, 0.29) is 5.91 Å². The minimum atomic E-state index is 0.142. The minimum absolute atomic E-state index is 0.142. The summed E-state index contributed by atoms with van der Waals surface area (Å²) in [6.45, 7) is 10.3. The number of amides is 1. The number of benzene rings is 1. The van der Waals surface area contributed by atoms with E-state index in [9.17, 15) is 4.79 Å². The Kier molecular flexibility index (Phi) is 5.81. The standard InChI is InChI=1S/C18H26N4OS/c1-14(2)11-19-17(23)12-21-7-9-22(10-8-21)13-18-20-15-5-3-4-6-16(15)24-18/h3-6,14H,7-13H2,1-2H3,(H,19,23). The molecule has 5 nitrogen and oxygen atoms in total. The molecule has 2 heterocycles. The third-order valence-corrected chi connectivity index (χ3v) is 5.26. The summed E-state index contributed by atoms with van der Waals surface area (Å²) in [5, 5.41) is 4.17. The van der Waals surface area contributed by atoms with Crippen LogP contribution in [0.3, 0.4) is 0 Å². The molecule has 0 radical (unpaired) electrons. The van der Waals surface area contributed by atoms with Gasteiger partial charge in [0.25, 0.3) is 0 Å². The molecule has 130 valence electrons. The fraction of sp³-hybridized carbons (Fsp3) is 0.556. The van der Waals surface area contributed by atoms with Crippen molar-refractivity contribution in [3.8, 4) is 0 Å². The molecule has 0 unspecified atom stereocenters. The van der Waals surface area contributed by atoms with Crippen LogP contribution in [0.1, 0.15) is 18.9 Å². The normalized spacial score (nSPS) is 16.8. The van der Waals surface area contributed by atoms with Gasteiger partial charge in [-0.15, -0.1) is 11.3 Å². The van der Waals surface area contributed by atoms with Crippen LogP contribution in [0.4, 0.5) is 0 Å². The first-order valence-electron chi connectivity index (χ1n) is 8.66. The second kappa shape index (κ2) is 8.05. The Hall–Kier alpha value is -1.50. The Morgan fingerprint density at radius 2 is 1.92 bits per heavy atom. The van der Waals surface area contributed by atoms with Gasteiger partial charge in [-0.1, -0.05) is 26.0 Å². The third kappa shape index (κ3) is 4.75. The number of rotatable bonds is 6. The fourth-order valence-corrected chi connectivity index (χ4v) is 3.87. The van der Waals surface area contributed by atoms with E-state index in [1.54, 1.807) is 11.3 Å². The molecule has 1 fully saturated rings. The van der Waals surface area contributed by atoms with Crippen molar-refractivity contribution in [1.82, 2.24) is 20.1 Å². The van der Waals surface area contributed by atoms with Gasteiger partial charge in [-0.05, 0) is 18.1 Å². The average Bonchev–Trinajstić information content (AvgIpc) is 2.97. The van der Waals surface area contributed by atoms with Crippen LogP contribution in [-0.4, -0.2) is 60.0 Å². The van der Waals surface area contributed by atoms with E-state index < -0.39 is 0 Å². The highest BCUT2D eigenvalue weighted by Crippen LogP contribution is 2.22. The van der Waals surface area contributed by atoms with Gasteiger partial charge in [0.2, 0.25) is 5.91 Å². The molecular formula is C18H26N4OS. The molecule has 1 saturated heterocycles. The van der Waals surface area contributed by atoms with E-state index in [1.165, 1.54) is 9.71 Å². The lowest BCUT2D eigenvalue weighted by Crippen LogP contribution is -2.49. The number of para-hydroxylation sites is 1. The summed E-state index contributed by atoms with van der Waals surface area (Å²) in [4.78, 5) is 21.3. The molecule has 1 aromatic carbocycles. The van der Waals surface area contributed by atoms with Gasteiger partial charge < -0.3 is 5.32 Å². The van der Waals surface area contributed by atoms with Gasteiger partial charge in [0.1, 0.15) is 5.01 Å². The molecule has 0 atom stereocenters. The van der Waals surface area contributed by atoms with Crippen molar-refractivity contribution >= 4 is 27.5 Å². The van der Waals surface area contributed by atoms with Crippen LogP contribution in [0.25, 0.3) is 10.2 Å². The van der Waals surface area contributed by atoms with E-state index in [2.05, 4.69) is 47.2 Å². The molecule has 6 heteroatoms. The number of hydrogen-bond donors (Lipinski definition) is 1. The van der Waals surface area contributed by atoms with E-state index in [0.29, 0.717) is 12.5 Å². The molecule has 1 aliphatic heterocycles. The van der Waals surface area contributed by atoms with Crippen LogP contribution in [0, 0.1) is 5.92 Å². The number of nitrogens with one attached hydrogen (secondary N) is 1. The van der Waals surface area contributed by atoms with E-state index in [0.717, 1.165) is 44.8 Å². The summed E-state index contributed by atoms with van der Waals surface area (Å²) in [6, 6.07) is 8.30. The van der Waals surface area contributed by atoms with Gasteiger partial charge in [-0.2, -0.15) is 0 Å². The number of fused-ring (bicyclic) bond motifs is 1. The number of nitrogens with zero attached hydrogens (tertiary/aromatic N) is 3. The van der Waals surface area contributed by atoms with Crippen LogP contribution >= 0.6 is 11.3 Å². The molecule has 3 rings (SSSR count). The number of carbonyl (C=O) groups is 1. The van der Waals surface area contributed by atoms with Crippen LogP contribution in [-0.2, 0) is 11.3 Å². The molecule has 1 aliphatic rings. The van der Waals surface area contributed by atoms with Gasteiger partial charge in [0, 0.05) is 32.7 Å². The van der Waals surface area contributed by atoms with Crippen molar-refractivity contribution in [1.29, 1.82) is 0 Å². The Bertz CT molecular complexity index is 643. The van der Waals surface area contributed by atoms with Crippen molar-refractivity contribution < 1.29 is 4.79 Å². The number of carbonyl (C=O) groups excluding carboxylic acids is 1. The van der Waals surface area contributed by atoms with Gasteiger partial charge in [0.05, 0.1) is 23.3 Å². The Morgan fingerprint density at radius 1 is 1.21 bits per heavy atom. The van der Waals surface area contributed by atoms with Gasteiger partial charge >= 0.3 is 0 Å². The zero-order chi connectivity index (χ0) is 16.9. The second-order valence-electron chi connectivity index (χ2n) is 6.83. The summed E-state index contributed by atoms with van der Waals surface area (Å²) in [5.41, 5.74) is 1.10. The molecule has 1 aromatic heterocycles. The Morgan fingerprint density at radius 3 is 2.62 bits per heavy atom. The molecule has 0 aliphatic carbocycles. The SMILES string of the molecule is CC(C)CNC(=O)CN1CCN(Cc2nc3ccccc3s2)CC1. The highest BCUT2D eigenvalue weighted by molar-refractivity contribution is 7.18. The highest BCUT2D eigenvalue weighted by Gasteiger charge is 2.20. The zero-order valence-corrected chi connectivity index (χ0v) is 15.3. The summed E-state index contributed by atoms with van der Waals surface area (Å²) in [5.74, 6) is 0.642. The molecule has 0 saturated carbocycles. The van der Waals surface area contributed by atoms with Gasteiger partial charge in [-0.25, -0.2) is 4.98 Å². The first-order valence-corrected chi connectivity index (χ1v) is 9.47. The number of thiazole rings is 1. The van der Waals surface area contributed by atoms with E-state index in [4.69, 9.17) is 4.98 Å². The van der Waals surface area contributed by atoms with Gasteiger partial charge in [-0.3, -0.25) is 14.6 Å². The molecule has 2 aromatic rings. The monoisotopic (exact) mass is 346 g/mol. The zero-order valence-electron chi connectivity index (χ0n) is 14.5. The molecule has 1 N–H and O–H groups in total. The van der Waals surface area contributed by atoms with Crippen LogP contribution in [0.5, 0.6) is 0 Å². The second-order valence-corrected chi connectivity index (χ2v) is 7.94. The smallest absolute Gasteiger partial charge is 0.234 e. The van der Waals surface area contributed by atoms with Crippen molar-refractivity contribution in [2.75, 3.05) is 39.3 Å². The Labute approximate surface area is 147 Å². The summed E-state index contributed by atoms with van der Waals surface area (Å²) < 4.78 is 1.26. The minimum Gasteiger partial charge on any atom is -0.355 e. The first kappa shape index (κ1) is 17.3. The van der Waals surface area contributed by atoms with Crippen LogP contribution < -0.4 is 5.32 Å². The number of hydrogen-bond acceptors (Lipinski definition) is 5. The quantitative estimate of drug-likeness (QED) is 0.871. The maximum atomic E-state index is 11.9. The lowest BCUT2D eigenvalue weighted by molar-refractivity contribution is -0.122. The van der Waals surface area contributed by atoms with Crippen LogP contribution in [0.2, 0.25) is 0 Å². The van der Waals surface area contributed by atoms with Gasteiger partial charge in [0.15, 0.2) is 0 Å². The van der Waals surface area contributed by atoms with Crippen molar-refractivity contribution in [2.45, 2.75) is 20.4 Å². The lowest BCUT2D eigenvalue weighted by Gasteiger charge is -2.33. The summed E-state index contributed by atoms with van der Waals surface area (Å²) in [7, 11) is 0. The third-order valence-electron chi connectivity index (χ3n) is 4.24. The molecule has 24 heavy (non-hydrogen) atoms. The largest absolute Gasteiger partial charge is 0.355 e. The predicted octanol–water partition coefficient (Wildman–Crippen LogP) is 2.19. The van der Waals surface area contributed by atoms with E-state index >= 15 is 0 Å². The summed E-state index contributed by atoms with van der Waals surface area (Å²) in [6.07, 6.45) is 0. The Balaban J connectivity index is 1.44. The predicted molar refractivity (Wildman–Crippen MR) is 99.2 cm³/mol. The fourth-order valence-electron chi connectivity index (χ4n) is 2.86. The first-order chi connectivity index (χ1) is 11.6. The van der Waals surface area contributed by atoms with Crippen molar-refractivity contribution in [3.63, 3.8) is 0 Å². The molecule has 0 bridgehead atoms. The topological polar surface area (TPSA) is 48.5 Å². The van der Waals surface area contributed by atoms with Crippen molar-refractivity contribution in [3.05, 3.63) is 29.3 Å².